The van der Waals surface area contributed by atoms with Crippen molar-refractivity contribution in [2.45, 2.75) is 13.0 Å². The van der Waals surface area contributed by atoms with E-state index in [1.807, 2.05) is 31.2 Å². The number of nitrogens with zero attached hydrogens (tertiary/aromatic N) is 1. The topological polar surface area (TPSA) is 41.6 Å². The van der Waals surface area contributed by atoms with Crippen LogP contribution in [0.15, 0.2) is 48.5 Å². The van der Waals surface area contributed by atoms with Crippen molar-refractivity contribution in [2.75, 3.05) is 32.8 Å². The van der Waals surface area contributed by atoms with E-state index < -0.39 is 0 Å². The van der Waals surface area contributed by atoms with Gasteiger partial charge < -0.3 is 10.1 Å². The van der Waals surface area contributed by atoms with Crippen molar-refractivity contribution in [3.05, 3.63) is 71.0 Å². The minimum Gasteiger partial charge on any atom is -0.379 e. The number of amides is 1. The summed E-state index contributed by atoms with van der Waals surface area (Å²) in [6, 6.07) is 13.7. The van der Waals surface area contributed by atoms with Gasteiger partial charge in [0.25, 0.3) is 5.91 Å². The zero-order valence-electron chi connectivity index (χ0n) is 14.4. The third-order valence-electron chi connectivity index (χ3n) is 4.44. The molecule has 0 saturated carbocycles. The lowest BCUT2D eigenvalue weighted by Crippen LogP contribution is -2.43. The molecule has 0 unspecified atom stereocenters. The Balaban J connectivity index is 1.76. The predicted molar refractivity (Wildman–Crippen MR) is 95.0 cm³/mol. The number of ether oxygens (including phenoxy) is 1. The van der Waals surface area contributed by atoms with Crippen LogP contribution in [0, 0.1) is 12.7 Å². The molecule has 1 heterocycles. The fourth-order valence-electron chi connectivity index (χ4n) is 2.92. The van der Waals surface area contributed by atoms with Gasteiger partial charge in [0.2, 0.25) is 0 Å². The van der Waals surface area contributed by atoms with Crippen LogP contribution in [0.4, 0.5) is 4.39 Å². The highest BCUT2D eigenvalue weighted by Crippen LogP contribution is 2.17. The lowest BCUT2D eigenvalue weighted by Gasteiger charge is -2.31. The molecule has 1 atom stereocenters. The Hall–Kier alpha value is -2.24. The number of aryl methyl sites for hydroxylation is 1. The zero-order chi connectivity index (χ0) is 17.6. The molecule has 0 aromatic heterocycles. The van der Waals surface area contributed by atoms with Crippen LogP contribution in [0.25, 0.3) is 0 Å². The van der Waals surface area contributed by atoms with Gasteiger partial charge in [0.1, 0.15) is 5.82 Å². The SMILES string of the molecule is Cc1ccc([C@H](CN2CCOCC2)NC(=O)c2ccc(F)cc2)cc1. The molecule has 1 aliphatic heterocycles. The van der Waals surface area contributed by atoms with E-state index in [1.54, 1.807) is 0 Å². The summed E-state index contributed by atoms with van der Waals surface area (Å²) in [5, 5.41) is 3.09. The fourth-order valence-corrected chi connectivity index (χ4v) is 2.92. The fraction of sp³-hybridized carbons (Fsp3) is 0.350. The van der Waals surface area contributed by atoms with Gasteiger partial charge in [-0.05, 0) is 36.8 Å². The Morgan fingerprint density at radius 3 is 2.40 bits per heavy atom. The number of nitrogens with one attached hydrogen (secondary N) is 1. The number of hydrogen-bond donors (Lipinski definition) is 1. The standard InChI is InChI=1S/C20H23FN2O2/c1-15-2-4-16(5-3-15)19(14-23-10-12-25-13-11-23)22-20(24)17-6-8-18(21)9-7-17/h2-9,19H,10-14H2,1H3,(H,22,24)/t19-/m0/s1. The van der Waals surface area contributed by atoms with Gasteiger partial charge in [-0.15, -0.1) is 0 Å². The molecule has 1 amide bonds. The molecule has 1 saturated heterocycles. The van der Waals surface area contributed by atoms with Crippen LogP contribution in [0.2, 0.25) is 0 Å². The van der Waals surface area contributed by atoms with E-state index in [-0.39, 0.29) is 17.8 Å². The number of benzene rings is 2. The first-order chi connectivity index (χ1) is 12.1. The second kappa shape index (κ2) is 8.23. The quantitative estimate of drug-likeness (QED) is 0.908. The van der Waals surface area contributed by atoms with Crippen LogP contribution in [0.5, 0.6) is 0 Å². The van der Waals surface area contributed by atoms with Gasteiger partial charge in [0.15, 0.2) is 0 Å². The number of carbonyl (C=O) groups is 1. The summed E-state index contributed by atoms with van der Waals surface area (Å²) in [6.45, 7) is 5.90. The van der Waals surface area contributed by atoms with Crippen molar-refractivity contribution in [1.82, 2.24) is 10.2 Å². The number of rotatable bonds is 5. The molecule has 0 aliphatic carbocycles. The van der Waals surface area contributed by atoms with E-state index in [1.165, 1.54) is 29.8 Å². The molecule has 0 bridgehead atoms. The van der Waals surface area contributed by atoms with E-state index >= 15 is 0 Å². The molecule has 132 valence electrons. The van der Waals surface area contributed by atoms with Gasteiger partial charge in [-0.25, -0.2) is 4.39 Å². The molecular weight excluding hydrogens is 319 g/mol. The smallest absolute Gasteiger partial charge is 0.251 e. The summed E-state index contributed by atoms with van der Waals surface area (Å²) >= 11 is 0. The Bertz CT molecular complexity index is 695. The molecule has 5 heteroatoms. The van der Waals surface area contributed by atoms with E-state index in [0.29, 0.717) is 18.8 Å². The lowest BCUT2D eigenvalue weighted by molar-refractivity contribution is 0.0332. The second-order valence-electron chi connectivity index (χ2n) is 6.36. The summed E-state index contributed by atoms with van der Waals surface area (Å²) < 4.78 is 18.5. The average molecular weight is 342 g/mol. The van der Waals surface area contributed by atoms with Crippen LogP contribution in [0.1, 0.15) is 27.5 Å². The number of carbonyl (C=O) groups excluding carboxylic acids is 1. The van der Waals surface area contributed by atoms with Gasteiger partial charge in [0.05, 0.1) is 19.3 Å². The molecular formula is C20H23FN2O2. The minimum absolute atomic E-state index is 0.128. The van der Waals surface area contributed by atoms with E-state index in [2.05, 4.69) is 10.2 Å². The summed E-state index contributed by atoms with van der Waals surface area (Å²) in [5.41, 5.74) is 2.70. The Morgan fingerprint density at radius 2 is 1.76 bits per heavy atom. The van der Waals surface area contributed by atoms with Crippen LogP contribution in [-0.2, 0) is 4.74 Å². The Kier molecular flexibility index (Phi) is 5.79. The van der Waals surface area contributed by atoms with Gasteiger partial charge in [-0.3, -0.25) is 9.69 Å². The highest BCUT2D eigenvalue weighted by molar-refractivity contribution is 5.94. The van der Waals surface area contributed by atoms with Crippen molar-refractivity contribution in [3.63, 3.8) is 0 Å². The maximum atomic E-state index is 13.1. The normalized spacial score (nSPS) is 16.4. The molecule has 3 rings (SSSR count). The highest BCUT2D eigenvalue weighted by Gasteiger charge is 2.20. The third-order valence-corrected chi connectivity index (χ3v) is 4.44. The van der Waals surface area contributed by atoms with Gasteiger partial charge in [-0.2, -0.15) is 0 Å². The van der Waals surface area contributed by atoms with E-state index in [0.717, 1.165) is 25.2 Å². The van der Waals surface area contributed by atoms with Gasteiger partial charge >= 0.3 is 0 Å². The summed E-state index contributed by atoms with van der Waals surface area (Å²) in [7, 11) is 0. The van der Waals surface area contributed by atoms with Crippen LogP contribution < -0.4 is 5.32 Å². The zero-order valence-corrected chi connectivity index (χ0v) is 14.4. The molecule has 0 radical (unpaired) electrons. The summed E-state index contributed by atoms with van der Waals surface area (Å²) in [4.78, 5) is 14.9. The first-order valence-corrected chi connectivity index (χ1v) is 8.55. The average Bonchev–Trinajstić information content (AvgIpc) is 2.63. The highest BCUT2D eigenvalue weighted by atomic mass is 19.1. The van der Waals surface area contributed by atoms with Crippen LogP contribution in [0.3, 0.4) is 0 Å². The molecule has 4 nitrogen and oxygen atoms in total. The minimum atomic E-state index is -0.347. The lowest BCUT2D eigenvalue weighted by atomic mass is 10.0. The molecule has 1 N–H and O–H groups in total. The number of halogens is 1. The maximum absolute atomic E-state index is 13.1. The number of morpholine rings is 1. The first-order valence-electron chi connectivity index (χ1n) is 8.55. The predicted octanol–water partition coefficient (Wildman–Crippen LogP) is 2.94. The van der Waals surface area contributed by atoms with Gasteiger partial charge in [-0.1, -0.05) is 29.8 Å². The number of hydrogen-bond acceptors (Lipinski definition) is 3. The molecule has 2 aromatic carbocycles. The van der Waals surface area contributed by atoms with Crippen molar-refractivity contribution < 1.29 is 13.9 Å². The molecule has 1 aliphatic rings. The van der Waals surface area contributed by atoms with Crippen molar-refractivity contribution in [2.24, 2.45) is 0 Å². The van der Waals surface area contributed by atoms with Crippen molar-refractivity contribution >= 4 is 5.91 Å². The maximum Gasteiger partial charge on any atom is 0.251 e. The Labute approximate surface area is 147 Å². The summed E-state index contributed by atoms with van der Waals surface area (Å²) in [5.74, 6) is -0.543. The van der Waals surface area contributed by atoms with Crippen LogP contribution in [-0.4, -0.2) is 43.7 Å². The largest absolute Gasteiger partial charge is 0.379 e. The molecule has 1 fully saturated rings. The Morgan fingerprint density at radius 1 is 1.12 bits per heavy atom. The monoisotopic (exact) mass is 342 g/mol. The van der Waals surface area contributed by atoms with Crippen LogP contribution >= 0.6 is 0 Å². The third kappa shape index (κ3) is 4.87. The molecule has 2 aromatic rings. The van der Waals surface area contributed by atoms with Crippen molar-refractivity contribution in [1.29, 1.82) is 0 Å². The van der Waals surface area contributed by atoms with Crippen molar-refractivity contribution in [3.8, 4) is 0 Å². The van der Waals surface area contributed by atoms with E-state index in [9.17, 15) is 9.18 Å². The first kappa shape index (κ1) is 17.6. The van der Waals surface area contributed by atoms with E-state index in [4.69, 9.17) is 4.74 Å². The molecule has 0 spiro atoms. The van der Waals surface area contributed by atoms with Gasteiger partial charge in [0, 0.05) is 25.2 Å². The summed E-state index contributed by atoms with van der Waals surface area (Å²) in [6.07, 6.45) is 0. The molecule has 25 heavy (non-hydrogen) atoms. The second-order valence-corrected chi connectivity index (χ2v) is 6.36.